The van der Waals surface area contributed by atoms with E-state index in [1.807, 2.05) is 0 Å². The monoisotopic (exact) mass is 231 g/mol. The van der Waals surface area contributed by atoms with Crippen LogP contribution in [0, 0.1) is 0 Å². The Kier molecular flexibility index (Phi) is 2.45. The molecule has 4 nitrogen and oxygen atoms in total. The van der Waals surface area contributed by atoms with E-state index in [1.54, 1.807) is 6.20 Å². The Hall–Kier alpha value is -1.79. The first-order chi connectivity index (χ1) is 7.47. The highest BCUT2D eigenvalue weighted by Crippen LogP contribution is 2.19. The van der Waals surface area contributed by atoms with Gasteiger partial charge in [0, 0.05) is 31.3 Å². The van der Waals surface area contributed by atoms with Crippen LogP contribution in [0.3, 0.4) is 0 Å². The second kappa shape index (κ2) is 3.66. The molecule has 0 fully saturated rings. The summed E-state index contributed by atoms with van der Waals surface area (Å²) < 4.78 is 38.4. The summed E-state index contributed by atoms with van der Waals surface area (Å²) in [5, 5.41) is 0. The summed E-state index contributed by atoms with van der Waals surface area (Å²) in [5.74, 6) is 0. The maximum Gasteiger partial charge on any atom is 0.390 e. The SMILES string of the molecule is O=c1c2nccn2ccn1CCC(F)(F)F. The molecule has 2 heterocycles. The number of aromatic nitrogens is 3. The second-order valence-electron chi connectivity index (χ2n) is 3.32. The van der Waals surface area contributed by atoms with Crippen LogP contribution in [0.25, 0.3) is 5.65 Å². The van der Waals surface area contributed by atoms with Crippen LogP contribution < -0.4 is 5.56 Å². The molecule has 0 aliphatic heterocycles. The summed E-state index contributed by atoms with van der Waals surface area (Å²) in [6, 6.07) is 0. The number of hydrogen-bond acceptors (Lipinski definition) is 2. The Morgan fingerprint density at radius 1 is 1.25 bits per heavy atom. The summed E-state index contributed by atoms with van der Waals surface area (Å²) in [5.41, 5.74) is -0.388. The molecule has 7 heteroatoms. The third-order valence-electron chi connectivity index (χ3n) is 2.16. The van der Waals surface area contributed by atoms with Crippen LogP contribution >= 0.6 is 0 Å². The molecule has 16 heavy (non-hydrogen) atoms. The molecule has 2 aromatic rings. The van der Waals surface area contributed by atoms with Gasteiger partial charge in [-0.2, -0.15) is 13.2 Å². The normalized spacial score (nSPS) is 12.2. The predicted molar refractivity (Wildman–Crippen MR) is 50.1 cm³/mol. The highest BCUT2D eigenvalue weighted by molar-refractivity contribution is 5.34. The third kappa shape index (κ3) is 2.07. The number of fused-ring (bicyclic) bond motifs is 1. The molecule has 0 aliphatic rings. The van der Waals surface area contributed by atoms with Crippen molar-refractivity contribution in [2.75, 3.05) is 0 Å². The Morgan fingerprint density at radius 3 is 2.69 bits per heavy atom. The molecule has 0 saturated heterocycles. The second-order valence-corrected chi connectivity index (χ2v) is 3.32. The van der Waals surface area contributed by atoms with Crippen molar-refractivity contribution in [3.05, 3.63) is 35.1 Å². The van der Waals surface area contributed by atoms with Gasteiger partial charge in [0.2, 0.25) is 5.65 Å². The van der Waals surface area contributed by atoms with Crippen molar-refractivity contribution in [1.82, 2.24) is 14.0 Å². The van der Waals surface area contributed by atoms with E-state index in [1.165, 1.54) is 23.0 Å². The molecule has 0 unspecified atom stereocenters. The minimum Gasteiger partial charge on any atom is -0.311 e. The van der Waals surface area contributed by atoms with Crippen LogP contribution in [0.5, 0.6) is 0 Å². The zero-order chi connectivity index (χ0) is 11.8. The summed E-state index contributed by atoms with van der Waals surface area (Å²) >= 11 is 0. The molecular weight excluding hydrogens is 223 g/mol. The maximum atomic E-state index is 12.0. The molecule has 86 valence electrons. The molecule has 0 amide bonds. The smallest absolute Gasteiger partial charge is 0.311 e. The van der Waals surface area contributed by atoms with Gasteiger partial charge in [0.05, 0.1) is 6.42 Å². The van der Waals surface area contributed by atoms with Crippen molar-refractivity contribution < 1.29 is 13.2 Å². The molecule has 0 bridgehead atoms. The highest BCUT2D eigenvalue weighted by Gasteiger charge is 2.26. The zero-order valence-electron chi connectivity index (χ0n) is 8.11. The number of nitrogens with zero attached hydrogens (tertiary/aromatic N) is 3. The molecule has 0 saturated carbocycles. The van der Waals surface area contributed by atoms with E-state index in [2.05, 4.69) is 4.98 Å². The first-order valence-corrected chi connectivity index (χ1v) is 4.56. The van der Waals surface area contributed by atoms with Gasteiger partial charge in [-0.3, -0.25) is 4.79 Å². The molecule has 2 rings (SSSR count). The minimum atomic E-state index is -4.26. The standard InChI is InChI=1S/C9H8F3N3O/c10-9(11,12)1-3-15-6-5-14-4-2-13-7(14)8(15)16/h2,4-6H,1,3H2. The van der Waals surface area contributed by atoms with Crippen molar-refractivity contribution in [2.45, 2.75) is 19.1 Å². The first kappa shape index (κ1) is 10.7. The van der Waals surface area contributed by atoms with Gasteiger partial charge < -0.3 is 8.97 Å². The van der Waals surface area contributed by atoms with E-state index < -0.39 is 18.2 Å². The van der Waals surface area contributed by atoms with Crippen LogP contribution in [-0.4, -0.2) is 20.1 Å². The highest BCUT2D eigenvalue weighted by atomic mass is 19.4. The van der Waals surface area contributed by atoms with Gasteiger partial charge in [0.15, 0.2) is 0 Å². The van der Waals surface area contributed by atoms with Crippen molar-refractivity contribution in [3.63, 3.8) is 0 Å². The number of halogens is 3. The average Bonchev–Trinajstić information content (AvgIpc) is 2.64. The summed E-state index contributed by atoms with van der Waals surface area (Å²) in [6.07, 6.45) is 0.517. The number of alkyl halides is 3. The molecule has 0 spiro atoms. The average molecular weight is 231 g/mol. The van der Waals surface area contributed by atoms with Gasteiger partial charge in [0.1, 0.15) is 0 Å². The van der Waals surface area contributed by atoms with E-state index in [0.29, 0.717) is 0 Å². The Morgan fingerprint density at radius 2 is 2.00 bits per heavy atom. The summed E-state index contributed by atoms with van der Waals surface area (Å²) in [6.45, 7) is -0.383. The molecular formula is C9H8F3N3O. The molecule has 0 aliphatic carbocycles. The molecule has 0 atom stereocenters. The fourth-order valence-corrected chi connectivity index (χ4v) is 1.37. The quantitative estimate of drug-likeness (QED) is 0.784. The molecule has 0 radical (unpaired) electrons. The Labute approximate surface area is 88.0 Å². The zero-order valence-corrected chi connectivity index (χ0v) is 8.11. The van der Waals surface area contributed by atoms with Gasteiger partial charge in [-0.15, -0.1) is 0 Å². The van der Waals surface area contributed by atoms with E-state index in [4.69, 9.17) is 0 Å². The van der Waals surface area contributed by atoms with Crippen molar-refractivity contribution in [1.29, 1.82) is 0 Å². The lowest BCUT2D eigenvalue weighted by Crippen LogP contribution is -2.24. The Balaban J connectivity index is 2.31. The summed E-state index contributed by atoms with van der Waals surface area (Å²) in [7, 11) is 0. The van der Waals surface area contributed by atoms with Gasteiger partial charge in [-0.1, -0.05) is 0 Å². The van der Waals surface area contributed by atoms with Gasteiger partial charge in [-0.05, 0) is 0 Å². The first-order valence-electron chi connectivity index (χ1n) is 4.56. The van der Waals surface area contributed by atoms with Gasteiger partial charge >= 0.3 is 6.18 Å². The van der Waals surface area contributed by atoms with Crippen molar-refractivity contribution in [2.24, 2.45) is 0 Å². The number of aryl methyl sites for hydroxylation is 1. The number of rotatable bonds is 2. The molecule has 0 aromatic carbocycles. The Bertz CT molecular complexity index is 555. The largest absolute Gasteiger partial charge is 0.390 e. The fraction of sp³-hybridized carbons (Fsp3) is 0.333. The minimum absolute atomic E-state index is 0.129. The lowest BCUT2D eigenvalue weighted by molar-refractivity contribution is -0.136. The lowest BCUT2D eigenvalue weighted by Gasteiger charge is -2.08. The molecule has 2 aromatic heterocycles. The van der Waals surface area contributed by atoms with Crippen LogP contribution in [-0.2, 0) is 6.54 Å². The van der Waals surface area contributed by atoms with Crippen molar-refractivity contribution in [3.8, 4) is 0 Å². The number of hydrogen-bond donors (Lipinski definition) is 0. The predicted octanol–water partition coefficient (Wildman–Crippen LogP) is 1.45. The molecule has 0 N–H and O–H groups in total. The van der Waals surface area contributed by atoms with Crippen LogP contribution in [0.15, 0.2) is 29.6 Å². The fourth-order valence-electron chi connectivity index (χ4n) is 1.37. The van der Waals surface area contributed by atoms with Crippen LogP contribution in [0.4, 0.5) is 13.2 Å². The third-order valence-corrected chi connectivity index (χ3v) is 2.16. The van der Waals surface area contributed by atoms with Crippen molar-refractivity contribution >= 4 is 5.65 Å². The van der Waals surface area contributed by atoms with E-state index >= 15 is 0 Å². The van der Waals surface area contributed by atoms with Gasteiger partial charge in [-0.25, -0.2) is 4.98 Å². The maximum absolute atomic E-state index is 12.0. The summed E-state index contributed by atoms with van der Waals surface area (Å²) in [4.78, 5) is 15.4. The number of imidazole rings is 1. The van der Waals surface area contributed by atoms with Gasteiger partial charge in [0.25, 0.3) is 5.56 Å². The van der Waals surface area contributed by atoms with Crippen LogP contribution in [0.1, 0.15) is 6.42 Å². The van der Waals surface area contributed by atoms with E-state index in [0.717, 1.165) is 4.57 Å². The lowest BCUT2D eigenvalue weighted by atomic mass is 10.4. The van der Waals surface area contributed by atoms with Crippen LogP contribution in [0.2, 0.25) is 0 Å². The van der Waals surface area contributed by atoms with E-state index in [9.17, 15) is 18.0 Å². The topological polar surface area (TPSA) is 39.3 Å². The van der Waals surface area contributed by atoms with E-state index in [-0.39, 0.29) is 12.2 Å².